The van der Waals surface area contributed by atoms with Crippen molar-refractivity contribution in [1.29, 1.82) is 10.5 Å². The van der Waals surface area contributed by atoms with Gasteiger partial charge in [0.05, 0.1) is 39.8 Å². The van der Waals surface area contributed by atoms with Crippen molar-refractivity contribution in [2.24, 2.45) is 29.1 Å². The van der Waals surface area contributed by atoms with E-state index in [4.69, 9.17) is 0 Å². The summed E-state index contributed by atoms with van der Waals surface area (Å²) in [7, 11) is 0. The summed E-state index contributed by atoms with van der Waals surface area (Å²) < 4.78 is 2.58. The van der Waals surface area contributed by atoms with E-state index in [0.29, 0.717) is 29.1 Å². The second kappa shape index (κ2) is 9.75. The van der Waals surface area contributed by atoms with Crippen LogP contribution in [0.25, 0.3) is 60.3 Å². The van der Waals surface area contributed by atoms with E-state index in [9.17, 15) is 10.5 Å². The molecule has 5 aromatic carbocycles. The Morgan fingerprint density at radius 3 is 1.52 bits per heavy atom. The fourth-order valence-electron chi connectivity index (χ4n) is 15.6. The van der Waals surface area contributed by atoms with E-state index in [1.807, 2.05) is 0 Å². The Labute approximate surface area is 315 Å². The molecule has 0 radical (unpaired) electrons. The normalized spacial score (nSPS) is 32.1. The molecule has 7 atom stereocenters. The Balaban J connectivity index is 1.24. The van der Waals surface area contributed by atoms with Gasteiger partial charge in [0.2, 0.25) is 0 Å². The van der Waals surface area contributed by atoms with Crippen molar-refractivity contribution >= 4 is 38.1 Å². The zero-order valence-electron chi connectivity index (χ0n) is 30.5. The molecule has 260 valence electrons. The summed E-state index contributed by atoms with van der Waals surface area (Å²) in [4.78, 5) is 0. The van der Waals surface area contributed by atoms with Gasteiger partial charge >= 0.3 is 0 Å². The maximum atomic E-state index is 11.1. The quantitative estimate of drug-likeness (QED) is 0.181. The highest BCUT2D eigenvalue weighted by Crippen LogP contribution is 2.77. The smallest absolute Gasteiger partial charge is 0.0995 e. The van der Waals surface area contributed by atoms with Gasteiger partial charge in [-0.05, 0) is 180 Å². The summed E-state index contributed by atoms with van der Waals surface area (Å²) >= 11 is 0. The van der Waals surface area contributed by atoms with Gasteiger partial charge in [-0.1, -0.05) is 60.7 Å². The molecular weight excluding hydrogens is 655 g/mol. The van der Waals surface area contributed by atoms with Crippen molar-refractivity contribution in [2.45, 2.75) is 87.9 Å². The van der Waals surface area contributed by atoms with Crippen molar-refractivity contribution in [2.75, 3.05) is 0 Å². The molecule has 7 aromatic rings. The average molecular weight is 696 g/mol. The van der Waals surface area contributed by atoms with E-state index in [1.54, 1.807) is 0 Å². The standard InChI is InChI=1S/C51H41N3/c52-24-34-18-40-48(44-31-14-26-11-27(15-31)13-30(12-26)42(34)44)46-38(28-7-3-1-4-8-28)21-39(29-9-5-2-6-10-29)47-49-41(54(40)50(46)47)19-35(25-53)43-32-16-36-20-37-17-33(45(43)49)23-51(36,37)22-32/h1-10,18-19,21,26-27,30-33,36-37H,11-17,20,22-23H2. The molecule has 8 aliphatic rings. The lowest BCUT2D eigenvalue weighted by atomic mass is 9.56. The molecule has 54 heavy (non-hydrogen) atoms. The van der Waals surface area contributed by atoms with Crippen LogP contribution >= 0.6 is 0 Å². The van der Waals surface area contributed by atoms with Gasteiger partial charge < -0.3 is 4.40 Å². The summed E-state index contributed by atoms with van der Waals surface area (Å²) in [6.45, 7) is 0. The molecule has 0 N–H and O–H groups in total. The maximum absolute atomic E-state index is 11.1. The number of fused-ring (bicyclic) bond motifs is 12. The number of hydrogen-bond acceptors (Lipinski definition) is 2. The minimum absolute atomic E-state index is 0.476. The van der Waals surface area contributed by atoms with E-state index in [-0.39, 0.29) is 0 Å². The maximum Gasteiger partial charge on any atom is 0.0995 e. The summed E-state index contributed by atoms with van der Waals surface area (Å²) in [6.07, 6.45) is 12.9. The monoisotopic (exact) mass is 695 g/mol. The van der Waals surface area contributed by atoms with Crippen LogP contribution in [-0.4, -0.2) is 4.40 Å². The van der Waals surface area contributed by atoms with Crippen LogP contribution in [-0.2, 0) is 0 Å². The van der Waals surface area contributed by atoms with Crippen LogP contribution in [0, 0.1) is 51.7 Å². The van der Waals surface area contributed by atoms with E-state index in [0.717, 1.165) is 34.8 Å². The van der Waals surface area contributed by atoms with Crippen LogP contribution in [0.4, 0.5) is 0 Å². The van der Waals surface area contributed by atoms with Crippen molar-refractivity contribution in [1.82, 2.24) is 4.40 Å². The number of aromatic nitrogens is 1. The van der Waals surface area contributed by atoms with Crippen LogP contribution in [0.3, 0.4) is 0 Å². The van der Waals surface area contributed by atoms with Gasteiger partial charge in [-0.2, -0.15) is 10.5 Å². The van der Waals surface area contributed by atoms with Crippen molar-refractivity contribution < 1.29 is 0 Å². The molecule has 1 spiro atoms. The Bertz CT molecular complexity index is 2910. The molecule has 5 saturated carbocycles. The fraction of sp³-hybridized carbons (Fsp3) is 0.373. The first kappa shape index (κ1) is 29.3. The first-order chi connectivity index (χ1) is 26.6. The highest BCUT2D eigenvalue weighted by Gasteiger charge is 2.66. The Kier molecular flexibility index (Phi) is 5.28. The summed E-state index contributed by atoms with van der Waals surface area (Å²) in [5, 5.41) is 27.7. The summed E-state index contributed by atoms with van der Waals surface area (Å²) in [5.41, 5.74) is 16.9. The minimum atomic E-state index is 0.476. The second-order valence-corrected chi connectivity index (χ2v) is 19.1. The first-order valence-corrected chi connectivity index (χ1v) is 21.0. The molecule has 15 rings (SSSR count). The van der Waals surface area contributed by atoms with Crippen LogP contribution in [0.15, 0.2) is 78.9 Å². The molecule has 3 heteroatoms. The number of hydrogen-bond donors (Lipinski definition) is 0. The first-order valence-electron chi connectivity index (χ1n) is 21.0. The molecule has 0 saturated heterocycles. The van der Waals surface area contributed by atoms with Crippen LogP contribution in [0.2, 0.25) is 0 Å². The topological polar surface area (TPSA) is 52.0 Å². The zero-order valence-corrected chi connectivity index (χ0v) is 30.5. The van der Waals surface area contributed by atoms with Gasteiger partial charge in [-0.3, -0.25) is 0 Å². The Morgan fingerprint density at radius 2 is 0.981 bits per heavy atom. The molecule has 0 aliphatic heterocycles. The van der Waals surface area contributed by atoms with Gasteiger partial charge in [0.1, 0.15) is 0 Å². The van der Waals surface area contributed by atoms with E-state index < -0.39 is 0 Å². The number of benzene rings is 5. The van der Waals surface area contributed by atoms with Crippen LogP contribution in [0.1, 0.15) is 121 Å². The third-order valence-electron chi connectivity index (χ3n) is 17.0. The summed E-state index contributed by atoms with van der Waals surface area (Å²) in [5.74, 6) is 5.19. The SMILES string of the molecule is N#Cc1cc2c(c3c1C1CC4CC(C1)CC3C4)c1c(-c3ccccc3)cc(-c3ccccc3)c3c4c5c(c(C#N)cc4n2c13)C1CC2CC3CC5CC23C1. The highest BCUT2D eigenvalue weighted by atomic mass is 14.9. The molecule has 5 fully saturated rings. The van der Waals surface area contributed by atoms with Crippen molar-refractivity contribution in [3.63, 3.8) is 0 Å². The molecule has 2 heterocycles. The molecule has 3 nitrogen and oxygen atoms in total. The van der Waals surface area contributed by atoms with Gasteiger partial charge in [0.15, 0.2) is 0 Å². The van der Waals surface area contributed by atoms with Gasteiger partial charge in [0, 0.05) is 21.5 Å². The Morgan fingerprint density at radius 1 is 0.500 bits per heavy atom. The van der Waals surface area contributed by atoms with Crippen molar-refractivity contribution in [3.8, 4) is 34.4 Å². The molecule has 7 unspecified atom stereocenters. The zero-order chi connectivity index (χ0) is 35.2. The molecule has 0 amide bonds. The Hall–Kier alpha value is -5.12. The third-order valence-corrected chi connectivity index (χ3v) is 17.0. The molecule has 8 aliphatic carbocycles. The van der Waals surface area contributed by atoms with Gasteiger partial charge in [-0.25, -0.2) is 0 Å². The fourth-order valence-corrected chi connectivity index (χ4v) is 15.6. The van der Waals surface area contributed by atoms with E-state index in [1.165, 1.54) is 147 Å². The highest BCUT2D eigenvalue weighted by molar-refractivity contribution is 6.32. The second-order valence-electron chi connectivity index (χ2n) is 19.1. The summed E-state index contributed by atoms with van der Waals surface area (Å²) in [6, 6.07) is 35.0. The third kappa shape index (κ3) is 3.30. The van der Waals surface area contributed by atoms with Crippen LogP contribution in [0.5, 0.6) is 0 Å². The minimum Gasteiger partial charge on any atom is -0.308 e. The predicted octanol–water partition coefficient (Wildman–Crippen LogP) is 12.7. The molecular formula is C51H41N3. The lowest BCUT2D eigenvalue weighted by Crippen LogP contribution is -2.41. The number of rotatable bonds is 2. The van der Waals surface area contributed by atoms with Crippen LogP contribution < -0.4 is 0 Å². The number of nitriles is 2. The molecule has 7 bridgehead atoms. The van der Waals surface area contributed by atoms with E-state index in [2.05, 4.69) is 95.4 Å². The van der Waals surface area contributed by atoms with Gasteiger partial charge in [0.25, 0.3) is 0 Å². The lowest BCUT2D eigenvalue weighted by Gasteiger charge is -2.48. The van der Waals surface area contributed by atoms with Gasteiger partial charge in [-0.15, -0.1) is 0 Å². The molecule has 2 aromatic heterocycles. The predicted molar refractivity (Wildman–Crippen MR) is 215 cm³/mol. The lowest BCUT2D eigenvalue weighted by molar-refractivity contribution is 0.00322. The van der Waals surface area contributed by atoms with E-state index >= 15 is 0 Å². The number of nitrogens with zero attached hydrogens (tertiary/aromatic N) is 3. The van der Waals surface area contributed by atoms with Crippen molar-refractivity contribution in [3.05, 3.63) is 112 Å². The average Bonchev–Trinajstić information content (AvgIpc) is 3.84. The largest absolute Gasteiger partial charge is 0.308 e.